The van der Waals surface area contributed by atoms with Gasteiger partial charge in [-0.05, 0) is 54.8 Å². The van der Waals surface area contributed by atoms with Gasteiger partial charge in [-0.2, -0.15) is 0 Å². The van der Waals surface area contributed by atoms with Gasteiger partial charge in [-0.15, -0.1) is 0 Å². The first kappa shape index (κ1) is 23.1. The summed E-state index contributed by atoms with van der Waals surface area (Å²) in [5, 5.41) is 2.35. The first-order valence-corrected chi connectivity index (χ1v) is 12.6. The first-order chi connectivity index (χ1) is 18.0. The van der Waals surface area contributed by atoms with Crippen LogP contribution in [0.4, 0.5) is 0 Å². The molecule has 3 heterocycles. The molecule has 6 nitrogen and oxygen atoms in total. The fraction of sp³-hybridized carbons (Fsp3) is 0.133. The zero-order chi connectivity index (χ0) is 25.5. The quantitative estimate of drug-likeness (QED) is 0.314. The molecule has 3 aromatic carbocycles. The molecule has 0 spiro atoms. The summed E-state index contributed by atoms with van der Waals surface area (Å²) in [4.78, 5) is 30.6. The third kappa shape index (κ3) is 4.09. The van der Waals surface area contributed by atoms with Crippen LogP contribution in [0.3, 0.4) is 0 Å². The highest BCUT2D eigenvalue weighted by Crippen LogP contribution is 2.22. The number of aromatic amines is 1. The molecule has 0 aliphatic rings. The van der Waals surface area contributed by atoms with E-state index >= 15 is 0 Å². The zero-order valence-corrected chi connectivity index (χ0v) is 21.1. The van der Waals surface area contributed by atoms with Gasteiger partial charge in [0.05, 0.1) is 23.1 Å². The van der Waals surface area contributed by atoms with Crippen LogP contribution < -0.4 is 11.1 Å². The third-order valence-electron chi connectivity index (χ3n) is 7.00. The van der Waals surface area contributed by atoms with Gasteiger partial charge in [-0.25, -0.2) is 4.68 Å². The summed E-state index contributed by atoms with van der Waals surface area (Å²) in [6.45, 7) is 2.76. The molecule has 0 radical (unpaired) electrons. The van der Waals surface area contributed by atoms with E-state index in [-0.39, 0.29) is 11.1 Å². The number of pyridine rings is 1. The number of nitrogens with zero attached hydrogens (tertiary/aromatic N) is 3. The molecule has 0 saturated carbocycles. The topological polar surface area (TPSA) is 64.7 Å². The van der Waals surface area contributed by atoms with Crippen LogP contribution >= 0.6 is 11.6 Å². The number of hydrogen-bond acceptors (Lipinski definition) is 2. The molecule has 0 aliphatic carbocycles. The van der Waals surface area contributed by atoms with Crippen LogP contribution in [0.5, 0.6) is 0 Å². The number of benzene rings is 3. The van der Waals surface area contributed by atoms with Gasteiger partial charge in [-0.1, -0.05) is 60.1 Å². The van der Waals surface area contributed by atoms with Crippen molar-refractivity contribution >= 4 is 33.4 Å². The van der Waals surface area contributed by atoms with Crippen molar-refractivity contribution in [3.8, 4) is 5.69 Å². The molecule has 37 heavy (non-hydrogen) atoms. The smallest absolute Gasteiger partial charge is 0.281 e. The summed E-state index contributed by atoms with van der Waals surface area (Å²) in [5.41, 5.74) is 4.96. The second-order valence-corrected chi connectivity index (χ2v) is 9.66. The molecule has 6 rings (SSSR count). The average Bonchev–Trinajstić information content (AvgIpc) is 3.44. The van der Waals surface area contributed by atoms with Gasteiger partial charge in [0.2, 0.25) is 0 Å². The van der Waals surface area contributed by atoms with E-state index in [0.29, 0.717) is 41.1 Å². The fourth-order valence-electron chi connectivity index (χ4n) is 5.14. The van der Waals surface area contributed by atoms with Crippen LogP contribution in [0.25, 0.3) is 27.5 Å². The van der Waals surface area contributed by atoms with Gasteiger partial charge in [0.1, 0.15) is 0 Å². The number of nitrogens with one attached hydrogen (secondary N) is 1. The molecule has 0 fully saturated rings. The highest BCUT2D eigenvalue weighted by molar-refractivity contribution is 6.30. The molecular weight excluding hydrogens is 484 g/mol. The van der Waals surface area contributed by atoms with Crippen LogP contribution in [0.2, 0.25) is 5.02 Å². The monoisotopic (exact) mass is 508 g/mol. The number of halogens is 1. The van der Waals surface area contributed by atoms with E-state index in [1.165, 1.54) is 0 Å². The van der Waals surface area contributed by atoms with Gasteiger partial charge in [-0.3, -0.25) is 14.3 Å². The van der Waals surface area contributed by atoms with Gasteiger partial charge in [0.25, 0.3) is 11.1 Å². The Morgan fingerprint density at radius 2 is 1.62 bits per heavy atom. The lowest BCUT2D eigenvalue weighted by Gasteiger charge is -2.14. The molecule has 0 unspecified atom stereocenters. The van der Waals surface area contributed by atoms with Gasteiger partial charge in [0, 0.05) is 40.4 Å². The summed E-state index contributed by atoms with van der Waals surface area (Å²) in [6, 6.07) is 26.8. The lowest BCUT2D eigenvalue weighted by atomic mass is 10.1. The molecule has 0 atom stereocenters. The Labute approximate surface area is 218 Å². The Morgan fingerprint density at radius 3 is 2.41 bits per heavy atom. The summed E-state index contributed by atoms with van der Waals surface area (Å²) in [7, 11) is 0. The number of aryl methyl sites for hydroxylation is 2. The number of fused-ring (bicyclic) bond motifs is 2. The number of para-hydroxylation sites is 2. The highest BCUT2D eigenvalue weighted by atomic mass is 35.5. The van der Waals surface area contributed by atoms with Gasteiger partial charge < -0.3 is 9.55 Å². The molecule has 1 N–H and O–H groups in total. The fourth-order valence-corrected chi connectivity index (χ4v) is 5.26. The van der Waals surface area contributed by atoms with E-state index in [4.69, 9.17) is 11.6 Å². The van der Waals surface area contributed by atoms with Crippen molar-refractivity contribution in [3.05, 3.63) is 134 Å². The minimum Gasteiger partial charge on any atom is -0.361 e. The Hall–Kier alpha value is -4.29. The Balaban J connectivity index is 1.49. The normalized spacial score (nSPS) is 11.5. The number of H-pyrrole nitrogens is 1. The maximum atomic E-state index is 13.9. The van der Waals surface area contributed by atoms with Crippen molar-refractivity contribution in [1.29, 1.82) is 0 Å². The van der Waals surface area contributed by atoms with Crippen LogP contribution in [0.1, 0.15) is 16.8 Å². The van der Waals surface area contributed by atoms with Crippen LogP contribution in [-0.2, 0) is 19.5 Å². The second-order valence-electron chi connectivity index (χ2n) is 9.23. The minimum atomic E-state index is -0.145. The Morgan fingerprint density at radius 1 is 0.892 bits per heavy atom. The maximum absolute atomic E-state index is 13.9. The number of rotatable bonds is 6. The predicted octanol–water partition coefficient (Wildman–Crippen LogP) is 5.69. The molecular formula is C30H25ClN4O2. The summed E-state index contributed by atoms with van der Waals surface area (Å²) in [6.07, 6.45) is 2.67. The van der Waals surface area contributed by atoms with Crippen LogP contribution in [-0.4, -0.2) is 18.9 Å². The lowest BCUT2D eigenvalue weighted by molar-refractivity contribution is 0.611. The van der Waals surface area contributed by atoms with Crippen molar-refractivity contribution < 1.29 is 0 Å². The second kappa shape index (κ2) is 9.30. The summed E-state index contributed by atoms with van der Waals surface area (Å²) in [5.74, 6) is 0. The molecule has 0 aliphatic heterocycles. The van der Waals surface area contributed by atoms with E-state index < -0.39 is 0 Å². The first-order valence-electron chi connectivity index (χ1n) is 12.2. The largest absolute Gasteiger partial charge is 0.361 e. The molecule has 6 aromatic rings. The maximum Gasteiger partial charge on any atom is 0.281 e. The Bertz CT molecular complexity index is 1860. The molecule has 7 heteroatoms. The standard InChI is InChI=1S/C30H25ClN4O2/c1-20-29-27(17-28(36)33(20)16-15-22-18-32-26-10-6-5-9-25(22)26)34(19-21-11-13-23(31)14-12-21)35(30(29)37)24-7-3-2-4-8-24/h2-14,17-18,32H,15-16,19H2,1H3. The zero-order valence-electron chi connectivity index (χ0n) is 20.3. The summed E-state index contributed by atoms with van der Waals surface area (Å²) >= 11 is 6.09. The Kier molecular flexibility index (Phi) is 5.81. The number of aromatic nitrogens is 4. The third-order valence-corrected chi connectivity index (χ3v) is 7.25. The molecule has 3 aromatic heterocycles. The van der Waals surface area contributed by atoms with E-state index in [2.05, 4.69) is 11.1 Å². The van der Waals surface area contributed by atoms with Crippen LogP contribution in [0, 0.1) is 6.92 Å². The SMILES string of the molecule is Cc1c2c(=O)n(-c3ccccc3)n(Cc3ccc(Cl)cc3)c2cc(=O)n1CCc1c[nH]c2ccccc12. The van der Waals surface area contributed by atoms with Gasteiger partial charge >= 0.3 is 0 Å². The van der Waals surface area contributed by atoms with Crippen molar-refractivity contribution in [2.75, 3.05) is 0 Å². The van der Waals surface area contributed by atoms with Crippen molar-refractivity contribution in [2.45, 2.75) is 26.4 Å². The van der Waals surface area contributed by atoms with E-state index in [0.717, 1.165) is 27.7 Å². The molecule has 0 amide bonds. The minimum absolute atomic E-state index is 0.125. The molecule has 0 saturated heterocycles. The summed E-state index contributed by atoms with van der Waals surface area (Å²) < 4.78 is 5.26. The van der Waals surface area contributed by atoms with Crippen molar-refractivity contribution in [3.63, 3.8) is 0 Å². The highest BCUT2D eigenvalue weighted by Gasteiger charge is 2.20. The van der Waals surface area contributed by atoms with Crippen molar-refractivity contribution in [1.82, 2.24) is 18.9 Å². The molecule has 184 valence electrons. The van der Waals surface area contributed by atoms with E-state index in [9.17, 15) is 9.59 Å². The van der Waals surface area contributed by atoms with E-state index in [1.54, 1.807) is 15.3 Å². The van der Waals surface area contributed by atoms with Crippen LogP contribution in [0.15, 0.2) is 101 Å². The molecule has 0 bridgehead atoms. The van der Waals surface area contributed by atoms with Crippen molar-refractivity contribution in [2.24, 2.45) is 0 Å². The lowest BCUT2D eigenvalue weighted by Crippen LogP contribution is -2.24. The van der Waals surface area contributed by atoms with E-state index in [1.807, 2.05) is 90.6 Å². The number of hydrogen-bond donors (Lipinski definition) is 1. The van der Waals surface area contributed by atoms with Gasteiger partial charge in [0.15, 0.2) is 0 Å². The average molecular weight is 509 g/mol. The predicted molar refractivity (Wildman–Crippen MR) is 149 cm³/mol.